The van der Waals surface area contributed by atoms with Gasteiger partial charge in [0.25, 0.3) is 0 Å². The maximum absolute atomic E-state index is 5.68. The van der Waals surface area contributed by atoms with Crippen molar-refractivity contribution in [1.82, 2.24) is 19.8 Å². The number of pyridine rings is 1. The Bertz CT molecular complexity index is 741. The minimum absolute atomic E-state index is 0.0515. The van der Waals surface area contributed by atoms with Gasteiger partial charge < -0.3 is 19.5 Å². The lowest BCUT2D eigenvalue weighted by atomic mass is 10.0. The van der Waals surface area contributed by atoms with Gasteiger partial charge in [-0.1, -0.05) is 18.9 Å². The van der Waals surface area contributed by atoms with Crippen LogP contribution in [-0.4, -0.2) is 39.8 Å². The van der Waals surface area contributed by atoms with E-state index >= 15 is 0 Å². The first-order valence-corrected chi connectivity index (χ1v) is 9.84. The zero-order valence-corrected chi connectivity index (χ0v) is 16.0. The van der Waals surface area contributed by atoms with Crippen molar-refractivity contribution in [2.45, 2.75) is 43.8 Å². The third-order valence-electron chi connectivity index (χ3n) is 5.57. The van der Waals surface area contributed by atoms with E-state index < -0.39 is 0 Å². The Hall–Kier alpha value is -1.92. The third kappa shape index (κ3) is 3.23. The van der Waals surface area contributed by atoms with Crippen molar-refractivity contribution in [3.63, 3.8) is 0 Å². The standard InChI is InChI=1S/C20H26N4OS/c1-25-14-13-24-19(17-10-6-12-23(17)15-7-2-3-8-15)18(22-20(24)26)16-9-4-5-11-21-16/h4-6,9-12,15,18-19H,2-3,7-8,13-14H2,1H3,(H,22,26)/t18-,19+/m0/s1. The molecule has 2 aromatic rings. The van der Waals surface area contributed by atoms with E-state index in [1.807, 2.05) is 18.3 Å². The fourth-order valence-corrected chi connectivity index (χ4v) is 4.66. The molecule has 2 aromatic heterocycles. The first kappa shape index (κ1) is 17.5. The average molecular weight is 371 g/mol. The fourth-order valence-electron chi connectivity index (χ4n) is 4.33. The molecular weight excluding hydrogens is 344 g/mol. The van der Waals surface area contributed by atoms with Crippen molar-refractivity contribution >= 4 is 17.3 Å². The van der Waals surface area contributed by atoms with Crippen molar-refractivity contribution in [3.05, 3.63) is 54.1 Å². The lowest BCUT2D eigenvalue weighted by Crippen LogP contribution is -2.33. The summed E-state index contributed by atoms with van der Waals surface area (Å²) in [4.78, 5) is 6.87. The van der Waals surface area contributed by atoms with Crippen LogP contribution in [0.3, 0.4) is 0 Å². The second-order valence-corrected chi connectivity index (χ2v) is 7.48. The summed E-state index contributed by atoms with van der Waals surface area (Å²) < 4.78 is 7.81. The highest BCUT2D eigenvalue weighted by atomic mass is 32.1. The lowest BCUT2D eigenvalue weighted by Gasteiger charge is -2.30. The number of methoxy groups -OCH3 is 1. The lowest BCUT2D eigenvalue weighted by molar-refractivity contribution is 0.161. The van der Waals surface area contributed by atoms with Gasteiger partial charge in [-0.3, -0.25) is 4.98 Å². The molecule has 0 amide bonds. The van der Waals surface area contributed by atoms with Gasteiger partial charge in [0, 0.05) is 37.8 Å². The molecule has 0 bridgehead atoms. The highest BCUT2D eigenvalue weighted by molar-refractivity contribution is 7.80. The van der Waals surface area contributed by atoms with Crippen molar-refractivity contribution < 1.29 is 4.74 Å². The number of nitrogens with zero attached hydrogens (tertiary/aromatic N) is 3. The summed E-state index contributed by atoms with van der Waals surface area (Å²) in [5.74, 6) is 0. The van der Waals surface area contributed by atoms with Gasteiger partial charge in [0.2, 0.25) is 0 Å². The molecule has 0 radical (unpaired) electrons. The van der Waals surface area contributed by atoms with E-state index in [4.69, 9.17) is 17.0 Å². The molecule has 2 aliphatic rings. The van der Waals surface area contributed by atoms with Crippen LogP contribution in [0, 0.1) is 0 Å². The van der Waals surface area contributed by atoms with Crippen LogP contribution in [0.1, 0.15) is 55.2 Å². The minimum Gasteiger partial charge on any atom is -0.383 e. The molecule has 4 rings (SSSR count). The zero-order valence-electron chi connectivity index (χ0n) is 15.2. The minimum atomic E-state index is 0.0515. The fraction of sp³-hybridized carbons (Fsp3) is 0.500. The Morgan fingerprint density at radius 1 is 1.23 bits per heavy atom. The molecule has 1 saturated carbocycles. The molecular formula is C20H26N4OS. The molecule has 2 atom stereocenters. The van der Waals surface area contributed by atoms with Gasteiger partial charge in [0.1, 0.15) is 0 Å². The molecule has 0 aromatic carbocycles. The summed E-state index contributed by atoms with van der Waals surface area (Å²) in [6.07, 6.45) is 9.25. The van der Waals surface area contributed by atoms with Crippen molar-refractivity contribution in [2.75, 3.05) is 20.3 Å². The molecule has 1 aliphatic heterocycles. The maximum atomic E-state index is 5.68. The van der Waals surface area contributed by atoms with Crippen LogP contribution in [0.15, 0.2) is 42.7 Å². The molecule has 1 N–H and O–H groups in total. The Labute approximate surface area is 160 Å². The molecule has 1 saturated heterocycles. The summed E-state index contributed by atoms with van der Waals surface area (Å²) in [5, 5.41) is 4.29. The summed E-state index contributed by atoms with van der Waals surface area (Å²) in [7, 11) is 1.74. The van der Waals surface area contributed by atoms with E-state index in [1.165, 1.54) is 31.4 Å². The largest absolute Gasteiger partial charge is 0.383 e. The average Bonchev–Trinajstić information content (AvgIpc) is 3.40. The van der Waals surface area contributed by atoms with Crippen LogP contribution in [0.2, 0.25) is 0 Å². The van der Waals surface area contributed by atoms with Crippen molar-refractivity contribution in [2.24, 2.45) is 0 Å². The molecule has 3 heterocycles. The van der Waals surface area contributed by atoms with Crippen LogP contribution in [0.25, 0.3) is 0 Å². The molecule has 138 valence electrons. The molecule has 5 nitrogen and oxygen atoms in total. The van der Waals surface area contributed by atoms with Crippen LogP contribution in [0.5, 0.6) is 0 Å². The second kappa shape index (κ2) is 7.76. The highest BCUT2D eigenvalue weighted by Gasteiger charge is 2.41. The number of nitrogens with one attached hydrogen (secondary N) is 1. The first-order valence-electron chi connectivity index (χ1n) is 9.43. The molecule has 1 aliphatic carbocycles. The van der Waals surface area contributed by atoms with E-state index in [0.29, 0.717) is 12.6 Å². The van der Waals surface area contributed by atoms with Gasteiger partial charge in [-0.2, -0.15) is 0 Å². The molecule has 0 spiro atoms. The topological polar surface area (TPSA) is 42.3 Å². The zero-order chi connectivity index (χ0) is 17.9. The van der Waals surface area contributed by atoms with E-state index in [9.17, 15) is 0 Å². The Kier molecular flexibility index (Phi) is 5.22. The Balaban J connectivity index is 1.72. The predicted molar refractivity (Wildman–Crippen MR) is 106 cm³/mol. The van der Waals surface area contributed by atoms with Gasteiger partial charge in [0.05, 0.1) is 24.4 Å². The van der Waals surface area contributed by atoms with Gasteiger partial charge in [0.15, 0.2) is 5.11 Å². The highest BCUT2D eigenvalue weighted by Crippen LogP contribution is 2.41. The Morgan fingerprint density at radius 2 is 2.08 bits per heavy atom. The van der Waals surface area contributed by atoms with Crippen molar-refractivity contribution in [3.8, 4) is 0 Å². The van der Waals surface area contributed by atoms with Gasteiger partial charge >= 0.3 is 0 Å². The van der Waals surface area contributed by atoms with Crippen molar-refractivity contribution in [1.29, 1.82) is 0 Å². The molecule has 2 fully saturated rings. The van der Waals surface area contributed by atoms with Crippen LogP contribution in [0.4, 0.5) is 0 Å². The van der Waals surface area contributed by atoms with Crippen LogP contribution < -0.4 is 5.32 Å². The van der Waals surface area contributed by atoms with E-state index in [0.717, 1.165) is 17.4 Å². The van der Waals surface area contributed by atoms with E-state index in [-0.39, 0.29) is 12.1 Å². The number of rotatable bonds is 6. The van der Waals surface area contributed by atoms with Gasteiger partial charge in [-0.15, -0.1) is 0 Å². The Morgan fingerprint density at radius 3 is 2.81 bits per heavy atom. The van der Waals surface area contributed by atoms with E-state index in [1.54, 1.807) is 7.11 Å². The molecule has 26 heavy (non-hydrogen) atoms. The number of hydrogen-bond donors (Lipinski definition) is 1. The summed E-state index contributed by atoms with van der Waals surface area (Å²) in [5.41, 5.74) is 2.34. The monoisotopic (exact) mass is 370 g/mol. The first-order chi connectivity index (χ1) is 12.8. The summed E-state index contributed by atoms with van der Waals surface area (Å²) >= 11 is 5.68. The number of thiocarbonyl (C=S) groups is 1. The van der Waals surface area contributed by atoms with Gasteiger partial charge in [-0.25, -0.2) is 0 Å². The number of hydrogen-bond acceptors (Lipinski definition) is 3. The van der Waals surface area contributed by atoms with Crippen LogP contribution >= 0.6 is 12.2 Å². The van der Waals surface area contributed by atoms with Crippen LogP contribution in [-0.2, 0) is 4.74 Å². The number of ether oxygens (including phenoxy) is 1. The molecule has 0 unspecified atom stereocenters. The maximum Gasteiger partial charge on any atom is 0.170 e. The van der Waals surface area contributed by atoms with Gasteiger partial charge in [-0.05, 0) is 49.3 Å². The summed E-state index contributed by atoms with van der Waals surface area (Å²) in [6.45, 7) is 1.42. The third-order valence-corrected chi connectivity index (χ3v) is 5.92. The normalized spacial score (nSPS) is 23.6. The van der Waals surface area contributed by atoms with E-state index in [2.05, 4.69) is 44.2 Å². The SMILES string of the molecule is COCCN1C(=S)N[C@@H](c2ccccn2)[C@H]1c1cccn1C1CCCC1. The summed E-state index contributed by atoms with van der Waals surface area (Å²) in [6, 6.07) is 11.3. The predicted octanol–water partition coefficient (Wildman–Crippen LogP) is 3.62. The second-order valence-electron chi connectivity index (χ2n) is 7.09. The molecule has 6 heteroatoms. The quantitative estimate of drug-likeness (QED) is 0.787. The smallest absolute Gasteiger partial charge is 0.170 e. The number of aromatic nitrogens is 2.